The van der Waals surface area contributed by atoms with E-state index < -0.39 is 0 Å². The Hall–Kier alpha value is -5.59. The van der Waals surface area contributed by atoms with Crippen LogP contribution in [0.5, 0.6) is 0 Å². The van der Waals surface area contributed by atoms with Gasteiger partial charge in [0.25, 0.3) is 0 Å². The highest BCUT2D eigenvalue weighted by Gasteiger charge is 2.21. The van der Waals surface area contributed by atoms with Crippen LogP contribution in [0, 0.1) is 6.57 Å². The summed E-state index contributed by atoms with van der Waals surface area (Å²) in [6.45, 7) is 7.65. The molecule has 1 aliphatic rings. The maximum atomic E-state index is 7.65. The van der Waals surface area contributed by atoms with E-state index in [0.29, 0.717) is 5.69 Å². The van der Waals surface area contributed by atoms with Gasteiger partial charge in [-0.05, 0) is 82.6 Å². The number of fused-ring (bicyclic) bond motifs is 9. The number of para-hydroxylation sites is 2. The third kappa shape index (κ3) is 3.08. The van der Waals surface area contributed by atoms with Crippen molar-refractivity contribution in [3.63, 3.8) is 0 Å². The highest BCUT2D eigenvalue weighted by atomic mass is 15.0. The SMILES string of the molecule is [C-]#[N+]c1ccc2c(c1)c1ccc(-n3c4ccccc4c4ccccc43)cc1n2-c1ccc2c(c1)-c1ccccc1C2. The first-order valence-electron chi connectivity index (χ1n) is 13.9. The zero-order valence-corrected chi connectivity index (χ0v) is 22.2. The van der Waals surface area contributed by atoms with E-state index in [1.807, 2.05) is 12.1 Å². The first-order chi connectivity index (χ1) is 20.3. The highest BCUT2D eigenvalue weighted by Crippen LogP contribution is 2.41. The average Bonchev–Trinajstić information content (AvgIpc) is 3.67. The third-order valence-electron chi connectivity index (χ3n) is 8.74. The lowest BCUT2D eigenvalue weighted by molar-refractivity contribution is 1.15. The zero-order valence-electron chi connectivity index (χ0n) is 22.2. The van der Waals surface area contributed by atoms with Gasteiger partial charge in [0.05, 0.1) is 28.6 Å². The first-order valence-corrected chi connectivity index (χ1v) is 13.9. The van der Waals surface area contributed by atoms with Gasteiger partial charge in [0, 0.05) is 27.5 Å². The second kappa shape index (κ2) is 8.21. The van der Waals surface area contributed by atoms with Gasteiger partial charge in [-0.25, -0.2) is 4.85 Å². The molecule has 0 atom stereocenters. The maximum absolute atomic E-state index is 7.65. The summed E-state index contributed by atoms with van der Waals surface area (Å²) in [7, 11) is 0. The van der Waals surface area contributed by atoms with E-state index in [4.69, 9.17) is 6.57 Å². The Labute approximate surface area is 236 Å². The van der Waals surface area contributed by atoms with Crippen LogP contribution in [0.2, 0.25) is 0 Å². The van der Waals surface area contributed by atoms with E-state index in [-0.39, 0.29) is 0 Å². The second-order valence-electron chi connectivity index (χ2n) is 10.9. The van der Waals surface area contributed by atoms with Gasteiger partial charge < -0.3 is 9.13 Å². The molecular weight excluding hydrogens is 498 g/mol. The summed E-state index contributed by atoms with van der Waals surface area (Å²) in [5, 5.41) is 4.75. The van der Waals surface area contributed by atoms with Gasteiger partial charge in [-0.1, -0.05) is 78.9 Å². The molecule has 0 saturated carbocycles. The van der Waals surface area contributed by atoms with Gasteiger partial charge in [0.15, 0.2) is 5.69 Å². The summed E-state index contributed by atoms with van der Waals surface area (Å²) in [6.07, 6.45) is 0.977. The molecular formula is C38H23N3. The summed E-state index contributed by atoms with van der Waals surface area (Å²) >= 11 is 0. The average molecular weight is 522 g/mol. The van der Waals surface area contributed by atoms with Crippen LogP contribution in [0.3, 0.4) is 0 Å². The quantitative estimate of drug-likeness (QED) is 0.201. The molecule has 3 heteroatoms. The van der Waals surface area contributed by atoms with E-state index in [0.717, 1.165) is 39.6 Å². The van der Waals surface area contributed by atoms with Crippen molar-refractivity contribution < 1.29 is 0 Å². The van der Waals surface area contributed by atoms with Crippen LogP contribution in [0.25, 0.3) is 71.0 Å². The predicted molar refractivity (Wildman–Crippen MR) is 170 cm³/mol. The van der Waals surface area contributed by atoms with Crippen molar-refractivity contribution in [1.82, 2.24) is 9.13 Å². The van der Waals surface area contributed by atoms with Crippen LogP contribution in [0.15, 0.2) is 127 Å². The number of hydrogen-bond donors (Lipinski definition) is 0. The summed E-state index contributed by atoms with van der Waals surface area (Å²) in [4.78, 5) is 3.74. The molecule has 9 rings (SSSR count). The molecule has 0 bridgehead atoms. The minimum absolute atomic E-state index is 0.658. The lowest BCUT2D eigenvalue weighted by atomic mass is 10.1. The van der Waals surface area contributed by atoms with E-state index >= 15 is 0 Å². The minimum atomic E-state index is 0.658. The number of benzene rings is 6. The molecule has 41 heavy (non-hydrogen) atoms. The lowest BCUT2D eigenvalue weighted by Gasteiger charge is -2.12. The second-order valence-corrected chi connectivity index (χ2v) is 10.9. The van der Waals surface area contributed by atoms with Crippen LogP contribution < -0.4 is 0 Å². The van der Waals surface area contributed by atoms with Crippen LogP contribution in [-0.2, 0) is 6.42 Å². The van der Waals surface area contributed by atoms with Crippen LogP contribution in [0.1, 0.15) is 11.1 Å². The van der Waals surface area contributed by atoms with E-state index in [2.05, 4.69) is 129 Å². The highest BCUT2D eigenvalue weighted by molar-refractivity contribution is 6.12. The normalized spacial score (nSPS) is 12.3. The summed E-state index contributed by atoms with van der Waals surface area (Å²) in [6, 6.07) is 45.7. The van der Waals surface area contributed by atoms with Gasteiger partial charge in [0.2, 0.25) is 0 Å². The molecule has 0 amide bonds. The van der Waals surface area contributed by atoms with Gasteiger partial charge >= 0.3 is 0 Å². The number of aromatic nitrogens is 2. The van der Waals surface area contributed by atoms with Gasteiger partial charge in [-0.2, -0.15) is 0 Å². The molecule has 0 saturated heterocycles. The fourth-order valence-corrected chi connectivity index (χ4v) is 6.94. The van der Waals surface area contributed by atoms with Crippen molar-refractivity contribution in [2.45, 2.75) is 6.42 Å². The zero-order chi connectivity index (χ0) is 27.1. The standard InChI is InChI=1S/C38H23N3/c1-39-26-15-19-37-34(21-26)32-18-17-28(40-35-12-6-4-10-30(35)31-11-5-7-13-36(31)40)23-38(32)41(37)27-16-14-25-20-24-8-2-3-9-29(24)33(25)22-27/h2-19,21-23H,20H2. The Morgan fingerprint density at radius 3 is 1.88 bits per heavy atom. The summed E-state index contributed by atoms with van der Waals surface area (Å²) < 4.78 is 4.74. The van der Waals surface area contributed by atoms with Gasteiger partial charge in [-0.15, -0.1) is 0 Å². The third-order valence-corrected chi connectivity index (χ3v) is 8.74. The molecule has 2 aromatic heterocycles. The van der Waals surface area contributed by atoms with E-state index in [1.54, 1.807) is 0 Å². The monoisotopic (exact) mass is 521 g/mol. The predicted octanol–water partition coefficient (Wildman–Crippen LogP) is 10.0. The molecule has 0 fully saturated rings. The fraction of sp³-hybridized carbons (Fsp3) is 0.0263. The maximum Gasteiger partial charge on any atom is 0.188 e. The molecule has 0 unspecified atom stereocenters. The minimum Gasteiger partial charge on any atom is -0.309 e. The molecule has 3 nitrogen and oxygen atoms in total. The Morgan fingerprint density at radius 1 is 0.463 bits per heavy atom. The summed E-state index contributed by atoms with van der Waals surface area (Å²) in [5.74, 6) is 0. The van der Waals surface area contributed by atoms with Crippen molar-refractivity contribution in [3.05, 3.63) is 150 Å². The largest absolute Gasteiger partial charge is 0.309 e. The number of nitrogens with zero attached hydrogens (tertiary/aromatic N) is 3. The topological polar surface area (TPSA) is 14.2 Å². The molecule has 0 N–H and O–H groups in total. The van der Waals surface area contributed by atoms with E-state index in [1.165, 1.54) is 44.1 Å². The van der Waals surface area contributed by atoms with Crippen molar-refractivity contribution >= 4 is 49.3 Å². The van der Waals surface area contributed by atoms with Crippen LogP contribution in [-0.4, -0.2) is 9.13 Å². The molecule has 0 spiro atoms. The molecule has 190 valence electrons. The number of hydrogen-bond acceptors (Lipinski definition) is 0. The Kier molecular flexibility index (Phi) is 4.45. The Bertz CT molecular complexity index is 2360. The van der Waals surface area contributed by atoms with Crippen molar-refractivity contribution in [1.29, 1.82) is 0 Å². The lowest BCUT2D eigenvalue weighted by Crippen LogP contribution is -1.97. The first kappa shape index (κ1) is 22.2. The fourth-order valence-electron chi connectivity index (χ4n) is 6.94. The Morgan fingerprint density at radius 2 is 1.07 bits per heavy atom. The number of rotatable bonds is 2. The Balaban J connectivity index is 1.36. The van der Waals surface area contributed by atoms with Gasteiger partial charge in [0.1, 0.15) is 0 Å². The molecule has 8 aromatic rings. The van der Waals surface area contributed by atoms with Crippen LogP contribution >= 0.6 is 0 Å². The summed E-state index contributed by atoms with van der Waals surface area (Å²) in [5.41, 5.74) is 12.9. The molecule has 6 aromatic carbocycles. The molecule has 0 aliphatic heterocycles. The smallest absolute Gasteiger partial charge is 0.188 e. The molecule has 1 aliphatic carbocycles. The van der Waals surface area contributed by atoms with Crippen molar-refractivity contribution in [2.24, 2.45) is 0 Å². The molecule has 2 heterocycles. The van der Waals surface area contributed by atoms with Gasteiger partial charge in [-0.3, -0.25) is 0 Å². The van der Waals surface area contributed by atoms with E-state index in [9.17, 15) is 0 Å². The van der Waals surface area contributed by atoms with Crippen molar-refractivity contribution in [3.8, 4) is 22.5 Å². The van der Waals surface area contributed by atoms with Crippen LogP contribution in [0.4, 0.5) is 5.69 Å². The molecule has 0 radical (unpaired) electrons. The van der Waals surface area contributed by atoms with Crippen molar-refractivity contribution in [2.75, 3.05) is 0 Å².